The maximum Gasteiger partial charge on any atom is 0.151 e. The molecule has 1 heterocycles. The summed E-state index contributed by atoms with van der Waals surface area (Å²) in [5.74, 6) is 0.330. The third-order valence-corrected chi connectivity index (χ3v) is 4.93. The van der Waals surface area contributed by atoms with Crippen molar-refractivity contribution in [3.63, 3.8) is 0 Å². The summed E-state index contributed by atoms with van der Waals surface area (Å²) < 4.78 is 28.6. The Morgan fingerprint density at radius 2 is 2.19 bits per heavy atom. The van der Waals surface area contributed by atoms with Crippen molar-refractivity contribution in [1.82, 2.24) is 5.32 Å². The van der Waals surface area contributed by atoms with E-state index >= 15 is 0 Å². The van der Waals surface area contributed by atoms with E-state index in [0.717, 1.165) is 26.0 Å². The van der Waals surface area contributed by atoms with Crippen molar-refractivity contribution >= 4 is 9.84 Å². The Kier molecular flexibility index (Phi) is 5.21. The third kappa shape index (κ3) is 3.71. The molecule has 1 saturated heterocycles. The van der Waals surface area contributed by atoms with E-state index in [1.165, 1.54) is 6.26 Å². The first-order valence-electron chi connectivity index (χ1n) is 5.96. The molecule has 0 amide bonds. The predicted molar refractivity (Wildman–Crippen MR) is 65.3 cm³/mol. The van der Waals surface area contributed by atoms with E-state index in [4.69, 9.17) is 4.74 Å². The molecule has 1 N–H and O–H groups in total. The summed E-state index contributed by atoms with van der Waals surface area (Å²) in [6.07, 6.45) is 3.29. The van der Waals surface area contributed by atoms with Crippen molar-refractivity contribution in [2.24, 2.45) is 5.92 Å². The van der Waals surface area contributed by atoms with E-state index < -0.39 is 9.84 Å². The van der Waals surface area contributed by atoms with Crippen LogP contribution in [0.5, 0.6) is 0 Å². The highest BCUT2D eigenvalue weighted by atomic mass is 32.2. The zero-order valence-electron chi connectivity index (χ0n) is 10.4. The molecule has 0 bridgehead atoms. The minimum absolute atomic E-state index is 0.0254. The number of ether oxygens (including phenoxy) is 1. The van der Waals surface area contributed by atoms with Crippen molar-refractivity contribution in [2.75, 3.05) is 26.0 Å². The molecule has 0 aromatic carbocycles. The number of nitrogens with one attached hydrogen (secondary N) is 1. The zero-order valence-corrected chi connectivity index (χ0v) is 11.2. The molecule has 0 aromatic rings. The standard InChI is InChI=1S/C11H23NO3S/c1-4-6-12-11(9(2)16(3,13)14)10-5-7-15-8-10/h9-12H,4-8H2,1-3H3. The third-order valence-electron chi connectivity index (χ3n) is 3.28. The van der Waals surface area contributed by atoms with Crippen LogP contribution < -0.4 is 5.32 Å². The number of hydrogen-bond acceptors (Lipinski definition) is 4. The summed E-state index contributed by atoms with van der Waals surface area (Å²) in [7, 11) is -2.99. The molecule has 0 saturated carbocycles. The van der Waals surface area contributed by atoms with Crippen LogP contribution in [0.2, 0.25) is 0 Å². The van der Waals surface area contributed by atoms with E-state index in [2.05, 4.69) is 12.2 Å². The monoisotopic (exact) mass is 249 g/mol. The Morgan fingerprint density at radius 1 is 1.50 bits per heavy atom. The van der Waals surface area contributed by atoms with Crippen LogP contribution >= 0.6 is 0 Å². The van der Waals surface area contributed by atoms with Gasteiger partial charge in [-0.2, -0.15) is 0 Å². The van der Waals surface area contributed by atoms with Gasteiger partial charge in [0, 0.05) is 24.8 Å². The maximum atomic E-state index is 11.6. The van der Waals surface area contributed by atoms with Crippen molar-refractivity contribution in [3.8, 4) is 0 Å². The first kappa shape index (κ1) is 13.9. The van der Waals surface area contributed by atoms with E-state index in [-0.39, 0.29) is 11.3 Å². The highest BCUT2D eigenvalue weighted by molar-refractivity contribution is 7.91. The number of hydrogen-bond donors (Lipinski definition) is 1. The van der Waals surface area contributed by atoms with Gasteiger partial charge in [0.15, 0.2) is 9.84 Å². The largest absolute Gasteiger partial charge is 0.381 e. The van der Waals surface area contributed by atoms with Gasteiger partial charge >= 0.3 is 0 Å². The van der Waals surface area contributed by atoms with Crippen LogP contribution in [-0.4, -0.2) is 45.7 Å². The summed E-state index contributed by atoms with van der Waals surface area (Å²) in [4.78, 5) is 0. The fourth-order valence-corrected chi connectivity index (χ4v) is 2.98. The summed E-state index contributed by atoms with van der Waals surface area (Å²) in [6.45, 7) is 6.18. The van der Waals surface area contributed by atoms with Crippen molar-refractivity contribution in [2.45, 2.75) is 38.0 Å². The SMILES string of the molecule is CCCNC(C1CCOC1)C(C)S(C)(=O)=O. The van der Waals surface area contributed by atoms with Gasteiger partial charge in [0.1, 0.15) is 0 Å². The molecule has 96 valence electrons. The van der Waals surface area contributed by atoms with Crippen LogP contribution in [0.1, 0.15) is 26.7 Å². The topological polar surface area (TPSA) is 55.4 Å². The van der Waals surface area contributed by atoms with Gasteiger partial charge in [-0.1, -0.05) is 6.92 Å². The molecule has 0 aromatic heterocycles. The van der Waals surface area contributed by atoms with Gasteiger partial charge in [0.2, 0.25) is 0 Å². The molecule has 3 unspecified atom stereocenters. The highest BCUT2D eigenvalue weighted by Gasteiger charge is 2.34. The molecule has 1 aliphatic heterocycles. The molecule has 4 nitrogen and oxygen atoms in total. The minimum atomic E-state index is -2.99. The lowest BCUT2D eigenvalue weighted by molar-refractivity contribution is 0.176. The van der Waals surface area contributed by atoms with Gasteiger partial charge in [-0.05, 0) is 26.3 Å². The number of sulfone groups is 1. The minimum Gasteiger partial charge on any atom is -0.381 e. The lowest BCUT2D eigenvalue weighted by Crippen LogP contribution is -2.47. The smallest absolute Gasteiger partial charge is 0.151 e. The molecule has 0 aliphatic carbocycles. The van der Waals surface area contributed by atoms with Crippen LogP contribution in [0.25, 0.3) is 0 Å². The Hall–Kier alpha value is -0.130. The second kappa shape index (κ2) is 5.98. The molecule has 3 atom stereocenters. The Bertz CT molecular complexity index is 296. The average Bonchev–Trinajstić information content (AvgIpc) is 2.70. The fraction of sp³-hybridized carbons (Fsp3) is 1.00. The average molecular weight is 249 g/mol. The van der Waals surface area contributed by atoms with E-state index in [1.54, 1.807) is 6.92 Å². The molecule has 1 aliphatic rings. The van der Waals surface area contributed by atoms with Crippen LogP contribution in [0.15, 0.2) is 0 Å². The Balaban J connectivity index is 2.69. The van der Waals surface area contributed by atoms with Gasteiger partial charge < -0.3 is 10.1 Å². The Morgan fingerprint density at radius 3 is 2.62 bits per heavy atom. The molecule has 1 fully saturated rings. The second-order valence-corrected chi connectivity index (χ2v) is 7.04. The maximum absolute atomic E-state index is 11.6. The van der Waals surface area contributed by atoms with Gasteiger partial charge in [0.05, 0.1) is 11.9 Å². The van der Waals surface area contributed by atoms with Crippen LogP contribution in [-0.2, 0) is 14.6 Å². The van der Waals surface area contributed by atoms with Gasteiger partial charge in [-0.15, -0.1) is 0 Å². The lowest BCUT2D eigenvalue weighted by atomic mass is 9.96. The predicted octanol–water partition coefficient (Wildman–Crippen LogP) is 0.824. The first-order chi connectivity index (χ1) is 7.46. The molecule has 1 rings (SSSR count). The molecular formula is C11H23NO3S. The van der Waals surface area contributed by atoms with Gasteiger partial charge in [-0.3, -0.25) is 0 Å². The molecule has 0 radical (unpaired) electrons. The van der Waals surface area contributed by atoms with E-state index in [0.29, 0.717) is 12.5 Å². The first-order valence-corrected chi connectivity index (χ1v) is 7.92. The lowest BCUT2D eigenvalue weighted by Gasteiger charge is -2.28. The van der Waals surface area contributed by atoms with Crippen LogP contribution in [0, 0.1) is 5.92 Å². The zero-order chi connectivity index (χ0) is 12.2. The molecule has 5 heteroatoms. The van der Waals surface area contributed by atoms with Crippen molar-refractivity contribution < 1.29 is 13.2 Å². The van der Waals surface area contributed by atoms with Gasteiger partial charge in [0.25, 0.3) is 0 Å². The fourth-order valence-electron chi connectivity index (χ4n) is 2.13. The van der Waals surface area contributed by atoms with Gasteiger partial charge in [-0.25, -0.2) is 8.42 Å². The highest BCUT2D eigenvalue weighted by Crippen LogP contribution is 2.22. The normalized spacial score (nSPS) is 25.6. The Labute approximate surface area is 98.7 Å². The van der Waals surface area contributed by atoms with E-state index in [1.807, 2.05) is 0 Å². The summed E-state index contributed by atoms with van der Waals surface area (Å²) in [5.41, 5.74) is 0. The number of rotatable bonds is 6. The van der Waals surface area contributed by atoms with Crippen LogP contribution in [0.4, 0.5) is 0 Å². The molecule has 16 heavy (non-hydrogen) atoms. The van der Waals surface area contributed by atoms with Crippen molar-refractivity contribution in [3.05, 3.63) is 0 Å². The quantitative estimate of drug-likeness (QED) is 0.757. The van der Waals surface area contributed by atoms with Crippen LogP contribution in [0.3, 0.4) is 0 Å². The van der Waals surface area contributed by atoms with E-state index in [9.17, 15) is 8.42 Å². The summed E-state index contributed by atoms with van der Waals surface area (Å²) in [5, 5.41) is 3.02. The summed E-state index contributed by atoms with van der Waals surface area (Å²) in [6, 6.07) is 0.0254. The molecule has 0 spiro atoms. The van der Waals surface area contributed by atoms with Crippen molar-refractivity contribution in [1.29, 1.82) is 0 Å². The summed E-state index contributed by atoms with van der Waals surface area (Å²) >= 11 is 0. The second-order valence-electron chi connectivity index (χ2n) is 4.64. The molecular weight excluding hydrogens is 226 g/mol.